The number of nitrogens with one attached hydrogen (secondary N) is 1. The van der Waals surface area contributed by atoms with Gasteiger partial charge in [0.1, 0.15) is 0 Å². The molecule has 8 saturated carbocycles. The van der Waals surface area contributed by atoms with Crippen LogP contribution < -0.4 is 5.32 Å². The molecule has 182 valence electrons. The molecule has 8 bridgehead atoms. The fourth-order valence-electron chi connectivity index (χ4n) is 11.2. The molecule has 0 spiro atoms. The van der Waals surface area contributed by atoms with Crippen LogP contribution in [0.15, 0.2) is 0 Å². The summed E-state index contributed by atoms with van der Waals surface area (Å²) in [5.41, 5.74) is 2.67. The number of nitrogens with zero attached hydrogens (tertiary/aromatic N) is 1. The van der Waals surface area contributed by atoms with Gasteiger partial charge in [-0.05, 0) is 116 Å². The minimum Gasteiger partial charge on any atom is -0.412 e. The maximum atomic E-state index is 11.4. The van der Waals surface area contributed by atoms with Crippen molar-refractivity contribution >= 4 is 5.91 Å². The fraction of sp³-hybridized carbons (Fsp3) is 0.929. The number of nitriles is 1. The van der Waals surface area contributed by atoms with Gasteiger partial charge in [-0.1, -0.05) is 27.7 Å². The van der Waals surface area contributed by atoms with Gasteiger partial charge in [-0.3, -0.25) is 4.79 Å². The van der Waals surface area contributed by atoms with Gasteiger partial charge in [0.25, 0.3) is 0 Å². The van der Waals surface area contributed by atoms with Crippen molar-refractivity contribution in [3.05, 3.63) is 0 Å². The average Bonchev–Trinajstić information content (AvgIpc) is 2.47. The topological polar surface area (TPSA) is 84.4 Å². The van der Waals surface area contributed by atoms with Crippen molar-refractivity contribution in [2.45, 2.75) is 124 Å². The summed E-state index contributed by atoms with van der Waals surface area (Å²) in [4.78, 5) is 11.4. The average molecular weight is 445 g/mol. The van der Waals surface area contributed by atoms with Crippen LogP contribution in [0.3, 0.4) is 0 Å². The molecule has 0 aromatic carbocycles. The van der Waals surface area contributed by atoms with Crippen LogP contribution in [0.25, 0.3) is 0 Å². The molecule has 8 aliphatic rings. The van der Waals surface area contributed by atoms with Gasteiger partial charge < -0.3 is 10.8 Å². The van der Waals surface area contributed by atoms with Crippen molar-refractivity contribution in [1.82, 2.24) is 5.32 Å². The zero-order chi connectivity index (χ0) is 22.7. The second-order valence-electron chi connectivity index (χ2n) is 14.4. The second kappa shape index (κ2) is 8.30. The Morgan fingerprint density at radius 3 is 1.47 bits per heavy atom. The summed E-state index contributed by atoms with van der Waals surface area (Å²) >= 11 is 0. The largest absolute Gasteiger partial charge is 0.412 e. The Morgan fingerprint density at radius 1 is 0.750 bits per heavy atom. The number of rotatable bonds is 1. The summed E-state index contributed by atoms with van der Waals surface area (Å²) in [7, 11) is 0. The SMILES string of the molecule is CC#N.CC(=O)NC12CC3CC(C)(CC(C)(C3)C1)C2.CC12CC3CC(C1)CC(C)(C3)C2.O. The van der Waals surface area contributed by atoms with Crippen molar-refractivity contribution < 1.29 is 10.3 Å². The number of amides is 1. The van der Waals surface area contributed by atoms with Crippen LogP contribution in [-0.2, 0) is 4.79 Å². The molecule has 2 unspecified atom stereocenters. The van der Waals surface area contributed by atoms with Crippen molar-refractivity contribution in [3.63, 3.8) is 0 Å². The minimum atomic E-state index is 0. The van der Waals surface area contributed by atoms with E-state index < -0.39 is 0 Å². The quantitative estimate of drug-likeness (QED) is 0.523. The predicted molar refractivity (Wildman–Crippen MR) is 130 cm³/mol. The van der Waals surface area contributed by atoms with Crippen molar-refractivity contribution in [2.24, 2.45) is 39.4 Å². The molecular formula is C28H48N2O2. The summed E-state index contributed by atoms with van der Waals surface area (Å²) in [6, 6.07) is 1.75. The maximum Gasteiger partial charge on any atom is 0.217 e. The highest BCUT2D eigenvalue weighted by molar-refractivity contribution is 5.74. The summed E-state index contributed by atoms with van der Waals surface area (Å²) < 4.78 is 0. The second-order valence-corrected chi connectivity index (χ2v) is 14.4. The van der Waals surface area contributed by atoms with E-state index in [-0.39, 0.29) is 16.9 Å². The first-order valence-corrected chi connectivity index (χ1v) is 12.9. The van der Waals surface area contributed by atoms with E-state index >= 15 is 0 Å². The first-order valence-electron chi connectivity index (χ1n) is 12.9. The lowest BCUT2D eigenvalue weighted by molar-refractivity contribution is -0.138. The summed E-state index contributed by atoms with van der Waals surface area (Å²) in [5, 5.41) is 10.6. The minimum absolute atomic E-state index is 0. The van der Waals surface area contributed by atoms with Gasteiger partial charge in [-0.15, -0.1) is 0 Å². The van der Waals surface area contributed by atoms with Crippen molar-refractivity contribution in [1.29, 1.82) is 5.26 Å². The Labute approximate surface area is 196 Å². The van der Waals surface area contributed by atoms with Crippen LogP contribution in [0.4, 0.5) is 0 Å². The molecular weight excluding hydrogens is 396 g/mol. The fourth-order valence-corrected chi connectivity index (χ4v) is 11.2. The lowest BCUT2D eigenvalue weighted by atomic mass is 9.43. The molecule has 0 aromatic rings. The Balaban J connectivity index is 0.000000161. The normalized spacial score (nSPS) is 50.7. The van der Waals surface area contributed by atoms with Crippen LogP contribution in [0.5, 0.6) is 0 Å². The highest BCUT2D eigenvalue weighted by atomic mass is 16.1. The number of hydrogen-bond acceptors (Lipinski definition) is 2. The molecule has 32 heavy (non-hydrogen) atoms. The van der Waals surface area contributed by atoms with E-state index in [1.54, 1.807) is 45.1 Å². The van der Waals surface area contributed by atoms with E-state index in [0.29, 0.717) is 10.8 Å². The third-order valence-electron chi connectivity index (χ3n) is 9.71. The van der Waals surface area contributed by atoms with Crippen LogP contribution in [0.1, 0.15) is 119 Å². The smallest absolute Gasteiger partial charge is 0.217 e. The monoisotopic (exact) mass is 444 g/mol. The molecule has 0 saturated heterocycles. The van der Waals surface area contributed by atoms with Gasteiger partial charge in [0, 0.05) is 19.4 Å². The van der Waals surface area contributed by atoms with Gasteiger partial charge >= 0.3 is 0 Å². The molecule has 0 radical (unpaired) electrons. The molecule has 0 aromatic heterocycles. The summed E-state index contributed by atoms with van der Waals surface area (Å²) in [5.74, 6) is 3.25. The third-order valence-corrected chi connectivity index (χ3v) is 9.71. The zero-order valence-electron chi connectivity index (χ0n) is 21.6. The van der Waals surface area contributed by atoms with Crippen LogP contribution >= 0.6 is 0 Å². The maximum absolute atomic E-state index is 11.4. The molecule has 4 nitrogen and oxygen atoms in total. The number of hydrogen-bond donors (Lipinski definition) is 1. The molecule has 2 atom stereocenters. The highest BCUT2D eigenvalue weighted by Crippen LogP contribution is 2.66. The predicted octanol–water partition coefficient (Wildman–Crippen LogP) is 6.19. The standard InChI is InChI=1S/C14H23NO.C12H20.C2H3N.H2O/c1-10(16)15-14-6-11-4-12(2,8-14)7-13(3,5-11)9-14;1-11-4-9-3-10(5-11)7-12(2,6-9)8-11;1-2-3;/h11H,4-9H2,1-3H3,(H,15,16);9-10H,3-8H2,1-2H3;1H3;1H2. The van der Waals surface area contributed by atoms with Crippen LogP contribution in [0.2, 0.25) is 0 Å². The molecule has 1 amide bonds. The lowest BCUT2D eigenvalue weighted by Gasteiger charge is -2.65. The van der Waals surface area contributed by atoms with Gasteiger partial charge in [-0.2, -0.15) is 5.26 Å². The van der Waals surface area contributed by atoms with Gasteiger partial charge in [0.2, 0.25) is 5.91 Å². The zero-order valence-corrected chi connectivity index (χ0v) is 21.6. The Kier molecular flexibility index (Phi) is 6.62. The molecule has 8 aliphatic carbocycles. The Bertz CT molecular complexity index is 716. The first-order chi connectivity index (χ1) is 14.3. The van der Waals surface area contributed by atoms with E-state index in [9.17, 15) is 4.79 Å². The summed E-state index contributed by atoms with van der Waals surface area (Å²) in [6.07, 6.45) is 17.1. The Hall–Kier alpha value is -1.08. The van der Waals surface area contributed by atoms with Crippen LogP contribution in [0, 0.1) is 50.7 Å². The molecule has 8 fully saturated rings. The van der Waals surface area contributed by atoms with Gasteiger partial charge in [-0.25, -0.2) is 0 Å². The van der Waals surface area contributed by atoms with E-state index in [2.05, 4.69) is 33.0 Å². The van der Waals surface area contributed by atoms with E-state index in [4.69, 9.17) is 5.26 Å². The number of carbonyl (C=O) groups is 1. The third kappa shape index (κ3) is 5.03. The van der Waals surface area contributed by atoms with Gasteiger partial charge in [0.05, 0.1) is 6.07 Å². The molecule has 3 N–H and O–H groups in total. The molecule has 0 aliphatic heterocycles. The molecule has 8 rings (SSSR count). The van der Waals surface area contributed by atoms with Gasteiger partial charge in [0.15, 0.2) is 0 Å². The molecule has 0 heterocycles. The molecule has 4 heteroatoms. The van der Waals surface area contributed by atoms with E-state index in [0.717, 1.165) is 28.6 Å². The van der Waals surface area contributed by atoms with E-state index in [1.807, 2.05) is 0 Å². The highest BCUT2D eigenvalue weighted by Gasteiger charge is 2.60. The van der Waals surface area contributed by atoms with E-state index in [1.165, 1.54) is 51.9 Å². The lowest BCUT2D eigenvalue weighted by Crippen LogP contribution is -2.64. The van der Waals surface area contributed by atoms with Crippen LogP contribution in [-0.4, -0.2) is 16.9 Å². The Morgan fingerprint density at radius 2 is 1.12 bits per heavy atom. The first kappa shape index (κ1) is 25.5. The van der Waals surface area contributed by atoms with Crippen molar-refractivity contribution in [2.75, 3.05) is 0 Å². The summed E-state index contributed by atoms with van der Waals surface area (Å²) in [6.45, 7) is 13.1. The van der Waals surface area contributed by atoms with Crippen molar-refractivity contribution in [3.8, 4) is 6.07 Å². The number of carbonyl (C=O) groups excluding carboxylic acids is 1.